The standard InChI is InChI=1S/C16H17N7/c1-9(2)14(10-3-4-12-13(7-10)22-23-21-12)20-16-11-5-6-17-15(11)18-8-19-16/h3-9,14H,1-2H3,(H,21,22,23)(H2,17,18,19,20)/t14-/m1/s1. The highest BCUT2D eigenvalue weighted by Gasteiger charge is 2.18. The van der Waals surface area contributed by atoms with Gasteiger partial charge in [-0.1, -0.05) is 19.9 Å². The average Bonchev–Trinajstić information content (AvgIpc) is 3.20. The Morgan fingerprint density at radius 1 is 1.04 bits per heavy atom. The van der Waals surface area contributed by atoms with Crippen molar-refractivity contribution in [3.05, 3.63) is 42.4 Å². The zero-order valence-electron chi connectivity index (χ0n) is 12.9. The molecule has 0 aliphatic heterocycles. The van der Waals surface area contributed by atoms with Gasteiger partial charge in [0.2, 0.25) is 0 Å². The lowest BCUT2D eigenvalue weighted by atomic mass is 9.95. The summed E-state index contributed by atoms with van der Waals surface area (Å²) in [6.45, 7) is 4.36. The lowest BCUT2D eigenvalue weighted by Crippen LogP contribution is -2.17. The summed E-state index contributed by atoms with van der Waals surface area (Å²) in [5, 5.41) is 15.5. The molecule has 0 unspecified atom stereocenters. The van der Waals surface area contributed by atoms with Crippen LogP contribution in [0.3, 0.4) is 0 Å². The maximum absolute atomic E-state index is 4.40. The quantitative estimate of drug-likeness (QED) is 0.538. The van der Waals surface area contributed by atoms with Gasteiger partial charge in [0, 0.05) is 6.20 Å². The Morgan fingerprint density at radius 3 is 2.78 bits per heavy atom. The monoisotopic (exact) mass is 307 g/mol. The number of hydrogen-bond donors (Lipinski definition) is 3. The smallest absolute Gasteiger partial charge is 0.142 e. The van der Waals surface area contributed by atoms with Crippen molar-refractivity contribution in [2.75, 3.05) is 5.32 Å². The minimum atomic E-state index is 0.115. The molecule has 0 aliphatic carbocycles. The predicted molar refractivity (Wildman–Crippen MR) is 89.0 cm³/mol. The van der Waals surface area contributed by atoms with Gasteiger partial charge in [0.15, 0.2) is 0 Å². The minimum Gasteiger partial charge on any atom is -0.362 e. The fourth-order valence-electron chi connectivity index (χ4n) is 2.82. The maximum Gasteiger partial charge on any atom is 0.142 e. The number of nitrogens with one attached hydrogen (secondary N) is 3. The van der Waals surface area contributed by atoms with Crippen molar-refractivity contribution in [2.45, 2.75) is 19.9 Å². The number of aromatic amines is 2. The number of fused-ring (bicyclic) bond motifs is 2. The summed E-state index contributed by atoms with van der Waals surface area (Å²) in [5.41, 5.74) is 3.72. The van der Waals surface area contributed by atoms with E-state index >= 15 is 0 Å². The van der Waals surface area contributed by atoms with Crippen LogP contribution in [-0.4, -0.2) is 30.4 Å². The van der Waals surface area contributed by atoms with Crippen LogP contribution in [0.15, 0.2) is 36.8 Å². The zero-order chi connectivity index (χ0) is 15.8. The van der Waals surface area contributed by atoms with Gasteiger partial charge in [-0.05, 0) is 29.7 Å². The van der Waals surface area contributed by atoms with Gasteiger partial charge in [-0.15, -0.1) is 0 Å². The van der Waals surface area contributed by atoms with Gasteiger partial charge in [-0.3, -0.25) is 0 Å². The highest BCUT2D eigenvalue weighted by Crippen LogP contribution is 2.29. The fraction of sp³-hybridized carbons (Fsp3) is 0.250. The van der Waals surface area contributed by atoms with E-state index in [4.69, 9.17) is 0 Å². The summed E-state index contributed by atoms with van der Waals surface area (Å²) in [6, 6.07) is 8.22. The van der Waals surface area contributed by atoms with Gasteiger partial charge in [-0.25, -0.2) is 9.97 Å². The third-order valence-corrected chi connectivity index (χ3v) is 4.01. The third-order valence-electron chi connectivity index (χ3n) is 4.01. The van der Waals surface area contributed by atoms with Gasteiger partial charge >= 0.3 is 0 Å². The van der Waals surface area contributed by atoms with Gasteiger partial charge in [0.25, 0.3) is 0 Å². The van der Waals surface area contributed by atoms with E-state index in [-0.39, 0.29) is 6.04 Å². The van der Waals surface area contributed by atoms with Crippen LogP contribution in [0.5, 0.6) is 0 Å². The fourth-order valence-corrected chi connectivity index (χ4v) is 2.82. The number of anilines is 1. The van der Waals surface area contributed by atoms with Crippen LogP contribution >= 0.6 is 0 Å². The second-order valence-corrected chi connectivity index (χ2v) is 5.90. The van der Waals surface area contributed by atoms with E-state index in [1.54, 1.807) is 6.33 Å². The highest BCUT2D eigenvalue weighted by molar-refractivity contribution is 5.86. The van der Waals surface area contributed by atoms with Crippen LogP contribution < -0.4 is 5.32 Å². The van der Waals surface area contributed by atoms with E-state index < -0.39 is 0 Å². The molecule has 3 heterocycles. The van der Waals surface area contributed by atoms with Crippen molar-refractivity contribution in [2.24, 2.45) is 5.92 Å². The average molecular weight is 307 g/mol. The van der Waals surface area contributed by atoms with Crippen LogP contribution in [0.4, 0.5) is 5.82 Å². The molecule has 0 bridgehead atoms. The maximum atomic E-state index is 4.40. The van der Waals surface area contributed by atoms with Crippen molar-refractivity contribution in [3.63, 3.8) is 0 Å². The molecule has 116 valence electrons. The SMILES string of the molecule is CC(C)[C@@H](Nc1ncnc2[nH]ccc12)c1ccc2n[nH]nc2c1. The first kappa shape index (κ1) is 13.7. The third kappa shape index (κ3) is 2.40. The van der Waals surface area contributed by atoms with Crippen molar-refractivity contribution >= 4 is 27.9 Å². The molecule has 0 radical (unpaired) electrons. The van der Waals surface area contributed by atoms with E-state index in [2.05, 4.69) is 61.7 Å². The van der Waals surface area contributed by atoms with Crippen LogP contribution in [0.25, 0.3) is 22.1 Å². The Hall–Kier alpha value is -2.96. The zero-order valence-corrected chi connectivity index (χ0v) is 12.9. The molecular formula is C16H17N7. The molecule has 0 aliphatic rings. The lowest BCUT2D eigenvalue weighted by molar-refractivity contribution is 0.545. The molecule has 3 aromatic heterocycles. The molecule has 3 N–H and O–H groups in total. The summed E-state index contributed by atoms with van der Waals surface area (Å²) < 4.78 is 0. The van der Waals surface area contributed by atoms with Gasteiger partial charge in [0.05, 0.1) is 11.4 Å². The summed E-state index contributed by atoms with van der Waals surface area (Å²) in [6.07, 6.45) is 3.44. The van der Waals surface area contributed by atoms with Gasteiger partial charge < -0.3 is 10.3 Å². The summed E-state index contributed by atoms with van der Waals surface area (Å²) in [4.78, 5) is 11.7. The largest absolute Gasteiger partial charge is 0.362 e. The summed E-state index contributed by atoms with van der Waals surface area (Å²) in [7, 11) is 0. The van der Waals surface area contributed by atoms with Crippen LogP contribution in [0.1, 0.15) is 25.5 Å². The molecule has 1 atom stereocenters. The molecule has 7 heteroatoms. The number of nitrogens with zero attached hydrogens (tertiary/aromatic N) is 4. The van der Waals surface area contributed by atoms with Crippen molar-refractivity contribution in [3.8, 4) is 0 Å². The molecule has 7 nitrogen and oxygen atoms in total. The molecule has 0 saturated heterocycles. The second kappa shape index (κ2) is 5.35. The number of benzene rings is 1. The van der Waals surface area contributed by atoms with E-state index in [1.165, 1.54) is 0 Å². The Labute approximate surface area is 132 Å². The van der Waals surface area contributed by atoms with Crippen molar-refractivity contribution in [1.82, 2.24) is 30.4 Å². The van der Waals surface area contributed by atoms with E-state index in [0.29, 0.717) is 5.92 Å². The topological polar surface area (TPSA) is 95.2 Å². The van der Waals surface area contributed by atoms with Gasteiger partial charge in [0.1, 0.15) is 28.8 Å². The Balaban J connectivity index is 1.74. The lowest BCUT2D eigenvalue weighted by Gasteiger charge is -2.23. The molecule has 4 aromatic rings. The number of H-pyrrole nitrogens is 2. The first-order chi connectivity index (χ1) is 11.2. The van der Waals surface area contributed by atoms with E-state index in [1.807, 2.05) is 18.3 Å². The Kier molecular flexibility index (Phi) is 3.18. The van der Waals surface area contributed by atoms with Crippen LogP contribution in [0.2, 0.25) is 0 Å². The Morgan fingerprint density at radius 2 is 1.91 bits per heavy atom. The minimum absolute atomic E-state index is 0.115. The van der Waals surface area contributed by atoms with Crippen molar-refractivity contribution in [1.29, 1.82) is 0 Å². The second-order valence-electron chi connectivity index (χ2n) is 5.90. The number of hydrogen-bond acceptors (Lipinski definition) is 5. The first-order valence-corrected chi connectivity index (χ1v) is 7.57. The normalized spacial score (nSPS) is 13.0. The van der Waals surface area contributed by atoms with Crippen LogP contribution in [-0.2, 0) is 0 Å². The number of aromatic nitrogens is 6. The first-order valence-electron chi connectivity index (χ1n) is 7.57. The highest BCUT2D eigenvalue weighted by atomic mass is 15.3. The molecule has 0 amide bonds. The molecule has 4 rings (SSSR count). The molecular weight excluding hydrogens is 290 g/mol. The molecule has 0 spiro atoms. The molecule has 0 fully saturated rings. The van der Waals surface area contributed by atoms with Gasteiger partial charge in [-0.2, -0.15) is 15.4 Å². The predicted octanol–water partition coefficient (Wildman–Crippen LogP) is 3.04. The van der Waals surface area contributed by atoms with Crippen molar-refractivity contribution < 1.29 is 0 Å². The number of rotatable bonds is 4. The van der Waals surface area contributed by atoms with Crippen LogP contribution in [0, 0.1) is 5.92 Å². The summed E-state index contributed by atoms with van der Waals surface area (Å²) >= 11 is 0. The molecule has 23 heavy (non-hydrogen) atoms. The Bertz CT molecular complexity index is 953. The molecule has 1 aromatic carbocycles. The van der Waals surface area contributed by atoms with E-state index in [9.17, 15) is 0 Å². The van der Waals surface area contributed by atoms with E-state index in [0.717, 1.165) is 33.4 Å². The molecule has 0 saturated carbocycles. The summed E-state index contributed by atoms with van der Waals surface area (Å²) in [5.74, 6) is 1.21.